The van der Waals surface area contributed by atoms with E-state index in [0.29, 0.717) is 0 Å². The molecule has 0 unspecified atom stereocenters. The van der Waals surface area contributed by atoms with Crippen LogP contribution >= 0.6 is 0 Å². The van der Waals surface area contributed by atoms with Crippen molar-refractivity contribution in [3.8, 4) is 0 Å². The molecular formula is C14H20N2O2. The van der Waals surface area contributed by atoms with Gasteiger partial charge in [-0.05, 0) is 23.8 Å². The van der Waals surface area contributed by atoms with Crippen LogP contribution in [0.4, 0.5) is 5.69 Å². The minimum Gasteiger partial charge on any atom is -0.327 e. The minimum absolute atomic E-state index is 0.00926. The number of nitrogens with one attached hydrogen (secondary N) is 1. The van der Waals surface area contributed by atoms with Gasteiger partial charge < -0.3 is 9.88 Å². The fourth-order valence-electron chi connectivity index (χ4n) is 2.60. The lowest BCUT2D eigenvalue weighted by atomic mass is 9.77. The molecule has 1 amide bonds. The van der Waals surface area contributed by atoms with E-state index in [1.807, 2.05) is 0 Å². The monoisotopic (exact) mass is 248 g/mol. The zero-order chi connectivity index (χ0) is 13.5. The SMILES string of the molecule is CN1C(=O)[C@@H](C(C)(C)C)CCc2cc(=O)[nH]cc21. The number of aryl methyl sites for hydroxylation is 1. The van der Waals surface area contributed by atoms with Gasteiger partial charge in [0.1, 0.15) is 0 Å². The van der Waals surface area contributed by atoms with Crippen LogP contribution in [0, 0.1) is 11.3 Å². The highest BCUT2D eigenvalue weighted by Crippen LogP contribution is 2.36. The molecule has 1 aliphatic rings. The highest BCUT2D eigenvalue weighted by molar-refractivity contribution is 5.96. The summed E-state index contributed by atoms with van der Waals surface area (Å²) in [6.07, 6.45) is 3.21. The number of hydrogen-bond acceptors (Lipinski definition) is 2. The van der Waals surface area contributed by atoms with Crippen molar-refractivity contribution < 1.29 is 4.79 Å². The van der Waals surface area contributed by atoms with Gasteiger partial charge in [0.05, 0.1) is 5.69 Å². The maximum absolute atomic E-state index is 12.5. The lowest BCUT2D eigenvalue weighted by molar-refractivity contribution is -0.125. The van der Waals surface area contributed by atoms with Gasteiger partial charge in [0.25, 0.3) is 0 Å². The number of nitrogens with zero attached hydrogens (tertiary/aromatic N) is 1. The van der Waals surface area contributed by atoms with Crippen LogP contribution in [-0.2, 0) is 11.2 Å². The number of aromatic amines is 1. The molecule has 2 rings (SSSR count). The van der Waals surface area contributed by atoms with Crippen molar-refractivity contribution in [2.45, 2.75) is 33.6 Å². The van der Waals surface area contributed by atoms with E-state index in [0.717, 1.165) is 24.1 Å². The predicted molar refractivity (Wildman–Crippen MR) is 71.7 cm³/mol. The predicted octanol–water partition coefficient (Wildman–Crippen LogP) is 1.95. The van der Waals surface area contributed by atoms with E-state index in [1.165, 1.54) is 0 Å². The van der Waals surface area contributed by atoms with Gasteiger partial charge in [-0.25, -0.2) is 0 Å². The molecule has 1 aromatic rings. The molecule has 0 spiro atoms. The first-order chi connectivity index (χ1) is 8.30. The second-order valence-electron chi connectivity index (χ2n) is 6.06. The van der Waals surface area contributed by atoms with E-state index in [-0.39, 0.29) is 22.8 Å². The van der Waals surface area contributed by atoms with Crippen molar-refractivity contribution in [3.05, 3.63) is 28.2 Å². The zero-order valence-corrected chi connectivity index (χ0v) is 11.4. The lowest BCUT2D eigenvalue weighted by Crippen LogP contribution is -2.38. The van der Waals surface area contributed by atoms with Crippen LogP contribution in [0.15, 0.2) is 17.1 Å². The summed E-state index contributed by atoms with van der Waals surface area (Å²) in [4.78, 5) is 28.2. The standard InChI is InChI=1S/C14H20N2O2/c1-14(2,3)10-6-5-9-7-12(17)15-8-11(9)16(4)13(10)18/h7-8,10H,5-6H2,1-4H3,(H,15,17)/t10-/m0/s1. The Kier molecular flexibility index (Phi) is 3.05. The third kappa shape index (κ3) is 2.19. The van der Waals surface area contributed by atoms with Gasteiger partial charge in [0.15, 0.2) is 0 Å². The normalized spacial score (nSPS) is 20.6. The van der Waals surface area contributed by atoms with Crippen LogP contribution in [0.3, 0.4) is 0 Å². The van der Waals surface area contributed by atoms with Crippen molar-refractivity contribution in [2.75, 3.05) is 11.9 Å². The molecule has 0 fully saturated rings. The molecule has 18 heavy (non-hydrogen) atoms. The molecule has 1 N–H and O–H groups in total. The molecule has 4 nitrogen and oxygen atoms in total. The van der Waals surface area contributed by atoms with E-state index < -0.39 is 0 Å². The van der Waals surface area contributed by atoms with Crippen molar-refractivity contribution in [3.63, 3.8) is 0 Å². The molecule has 2 heterocycles. The van der Waals surface area contributed by atoms with E-state index in [1.54, 1.807) is 24.2 Å². The Morgan fingerprint density at radius 3 is 2.61 bits per heavy atom. The Hall–Kier alpha value is -1.58. The van der Waals surface area contributed by atoms with Crippen molar-refractivity contribution in [1.29, 1.82) is 0 Å². The average molecular weight is 248 g/mol. The van der Waals surface area contributed by atoms with Gasteiger partial charge in [-0.3, -0.25) is 9.59 Å². The summed E-state index contributed by atoms with van der Waals surface area (Å²) in [5.74, 6) is 0.123. The first kappa shape index (κ1) is 12.9. The second kappa shape index (κ2) is 4.26. The third-order valence-corrected chi connectivity index (χ3v) is 3.72. The van der Waals surface area contributed by atoms with Gasteiger partial charge >= 0.3 is 0 Å². The average Bonchev–Trinajstić information content (AvgIpc) is 2.37. The summed E-state index contributed by atoms with van der Waals surface area (Å²) >= 11 is 0. The highest BCUT2D eigenvalue weighted by atomic mass is 16.2. The van der Waals surface area contributed by atoms with Crippen LogP contribution in [0.1, 0.15) is 32.8 Å². The summed E-state index contributed by atoms with van der Waals surface area (Å²) < 4.78 is 0. The summed E-state index contributed by atoms with van der Waals surface area (Å²) in [6.45, 7) is 6.26. The van der Waals surface area contributed by atoms with Crippen molar-refractivity contribution >= 4 is 11.6 Å². The first-order valence-electron chi connectivity index (χ1n) is 6.30. The van der Waals surface area contributed by atoms with Gasteiger partial charge in [-0.2, -0.15) is 0 Å². The number of carbonyl (C=O) groups excluding carboxylic acids is 1. The highest BCUT2D eigenvalue weighted by Gasteiger charge is 2.36. The van der Waals surface area contributed by atoms with E-state index in [9.17, 15) is 9.59 Å². The minimum atomic E-state index is -0.108. The van der Waals surface area contributed by atoms with Gasteiger partial charge in [-0.1, -0.05) is 20.8 Å². The fourth-order valence-corrected chi connectivity index (χ4v) is 2.60. The summed E-state index contributed by atoms with van der Waals surface area (Å²) in [7, 11) is 1.78. The number of amides is 1. The first-order valence-corrected chi connectivity index (χ1v) is 6.30. The molecule has 0 aromatic carbocycles. The van der Waals surface area contributed by atoms with E-state index >= 15 is 0 Å². The van der Waals surface area contributed by atoms with Gasteiger partial charge in [0.2, 0.25) is 11.5 Å². The fraction of sp³-hybridized carbons (Fsp3) is 0.571. The van der Waals surface area contributed by atoms with Crippen molar-refractivity contribution in [1.82, 2.24) is 4.98 Å². The smallest absolute Gasteiger partial charge is 0.248 e. The van der Waals surface area contributed by atoms with Crippen molar-refractivity contribution in [2.24, 2.45) is 11.3 Å². The molecule has 4 heteroatoms. The molecule has 98 valence electrons. The summed E-state index contributed by atoms with van der Waals surface area (Å²) in [5, 5.41) is 0. The molecule has 0 saturated heterocycles. The zero-order valence-electron chi connectivity index (χ0n) is 11.4. The third-order valence-electron chi connectivity index (χ3n) is 3.72. The molecule has 0 bridgehead atoms. The number of carbonyl (C=O) groups is 1. The molecule has 0 radical (unpaired) electrons. The largest absolute Gasteiger partial charge is 0.327 e. The van der Waals surface area contributed by atoms with Gasteiger partial charge in [0, 0.05) is 25.2 Å². The van der Waals surface area contributed by atoms with Crippen LogP contribution in [0.25, 0.3) is 0 Å². The Balaban J connectivity index is 2.45. The number of fused-ring (bicyclic) bond motifs is 1. The number of hydrogen-bond donors (Lipinski definition) is 1. The Morgan fingerprint density at radius 2 is 2.00 bits per heavy atom. The van der Waals surface area contributed by atoms with E-state index in [4.69, 9.17) is 0 Å². The molecule has 0 saturated carbocycles. The molecule has 1 atom stereocenters. The Morgan fingerprint density at radius 1 is 1.33 bits per heavy atom. The quantitative estimate of drug-likeness (QED) is 0.763. The van der Waals surface area contributed by atoms with Crippen LogP contribution < -0.4 is 10.5 Å². The topological polar surface area (TPSA) is 53.2 Å². The Labute approximate surface area is 107 Å². The number of aromatic nitrogens is 1. The van der Waals surface area contributed by atoms with Crippen LogP contribution in [0.2, 0.25) is 0 Å². The summed E-state index contributed by atoms with van der Waals surface area (Å²) in [6, 6.07) is 1.60. The summed E-state index contributed by atoms with van der Waals surface area (Å²) in [5.41, 5.74) is 1.62. The molecule has 1 aliphatic heterocycles. The number of H-pyrrole nitrogens is 1. The number of pyridine rings is 1. The van der Waals surface area contributed by atoms with E-state index in [2.05, 4.69) is 25.8 Å². The Bertz CT molecular complexity index is 525. The molecular weight excluding hydrogens is 228 g/mol. The van der Waals surface area contributed by atoms with Gasteiger partial charge in [-0.15, -0.1) is 0 Å². The lowest BCUT2D eigenvalue weighted by Gasteiger charge is -2.30. The van der Waals surface area contributed by atoms with Crippen LogP contribution in [-0.4, -0.2) is 17.9 Å². The van der Waals surface area contributed by atoms with Crippen LogP contribution in [0.5, 0.6) is 0 Å². The molecule has 1 aromatic heterocycles. The molecule has 0 aliphatic carbocycles. The maximum Gasteiger partial charge on any atom is 0.248 e. The second-order valence-corrected chi connectivity index (χ2v) is 6.06. The number of anilines is 1. The number of rotatable bonds is 0. The maximum atomic E-state index is 12.5.